The van der Waals surface area contributed by atoms with E-state index in [1.54, 1.807) is 29.2 Å². The number of thiazole rings is 1. The van der Waals surface area contributed by atoms with Gasteiger partial charge in [0.15, 0.2) is 11.4 Å². The van der Waals surface area contributed by atoms with Crippen molar-refractivity contribution in [3.8, 4) is 5.75 Å². The molecule has 0 aliphatic carbocycles. The maximum atomic E-state index is 12.5. The predicted molar refractivity (Wildman–Crippen MR) is 140 cm³/mol. The molecule has 2 heterocycles. The summed E-state index contributed by atoms with van der Waals surface area (Å²) in [5.74, 6) is 0.251. The molecule has 2 aromatic carbocycles. The van der Waals surface area contributed by atoms with Crippen molar-refractivity contribution in [1.29, 1.82) is 0 Å². The number of nitrogens with one attached hydrogen (secondary N) is 1. The summed E-state index contributed by atoms with van der Waals surface area (Å²) in [5.41, 5.74) is 0.924. The average molecular weight is 527 g/mol. The van der Waals surface area contributed by atoms with Crippen LogP contribution in [0.2, 0.25) is 0 Å². The molecule has 1 aliphatic heterocycles. The highest BCUT2D eigenvalue weighted by Crippen LogP contribution is 2.30. The normalized spacial score (nSPS) is 13.7. The smallest absolute Gasteiger partial charge is 0.410 e. The van der Waals surface area contributed by atoms with Crippen LogP contribution in [0.1, 0.15) is 41.5 Å². The van der Waals surface area contributed by atoms with Crippen molar-refractivity contribution in [3.05, 3.63) is 53.6 Å². The fraction of sp³-hybridized carbons (Fsp3) is 0.385. The van der Waals surface area contributed by atoms with Crippen LogP contribution in [0, 0.1) is 0 Å². The maximum Gasteiger partial charge on any atom is 0.410 e. The van der Waals surface area contributed by atoms with Gasteiger partial charge in [0.1, 0.15) is 24.6 Å². The van der Waals surface area contributed by atoms with E-state index in [-0.39, 0.29) is 30.9 Å². The Labute approximate surface area is 219 Å². The Balaban J connectivity index is 1.23. The molecule has 11 heteroatoms. The van der Waals surface area contributed by atoms with Crippen LogP contribution in [0.15, 0.2) is 42.5 Å². The molecule has 4 rings (SSSR count). The summed E-state index contributed by atoms with van der Waals surface area (Å²) in [4.78, 5) is 47.5. The van der Waals surface area contributed by atoms with E-state index >= 15 is 0 Å². The first-order valence-electron chi connectivity index (χ1n) is 11.9. The minimum Gasteiger partial charge on any atom is -0.491 e. The molecule has 3 aromatic rings. The Morgan fingerprint density at radius 2 is 1.95 bits per heavy atom. The van der Waals surface area contributed by atoms with Crippen molar-refractivity contribution in [2.24, 2.45) is 0 Å². The van der Waals surface area contributed by atoms with Gasteiger partial charge in [-0.1, -0.05) is 29.5 Å². The lowest BCUT2D eigenvalue weighted by Crippen LogP contribution is -2.57. The third-order valence-electron chi connectivity index (χ3n) is 5.46. The van der Waals surface area contributed by atoms with Crippen LogP contribution in [-0.2, 0) is 9.57 Å². The number of carbonyl (C=O) groups excluding carboxylic acids is 3. The van der Waals surface area contributed by atoms with Crippen molar-refractivity contribution < 1.29 is 28.7 Å². The molecule has 10 nitrogen and oxygen atoms in total. The topological polar surface area (TPSA) is 110 Å². The molecule has 1 aliphatic rings. The zero-order chi connectivity index (χ0) is 26.6. The number of amides is 2. The number of hydrogen-bond donors (Lipinski definition) is 1. The van der Waals surface area contributed by atoms with E-state index in [2.05, 4.69) is 10.3 Å². The number of ether oxygens (including phenoxy) is 2. The molecule has 0 bridgehead atoms. The lowest BCUT2D eigenvalue weighted by Gasteiger charge is -2.39. The quantitative estimate of drug-likeness (QED) is 0.251. The first-order valence-corrected chi connectivity index (χ1v) is 12.7. The Bertz CT molecular complexity index is 1280. The molecule has 1 aromatic heterocycles. The molecule has 0 unspecified atom stereocenters. The summed E-state index contributed by atoms with van der Waals surface area (Å²) in [6.45, 7) is 7.06. The molecule has 37 heavy (non-hydrogen) atoms. The number of fused-ring (bicyclic) bond motifs is 1. The van der Waals surface area contributed by atoms with Crippen LogP contribution in [-0.4, -0.2) is 78.2 Å². The summed E-state index contributed by atoms with van der Waals surface area (Å²) in [6.07, 6.45) is 0.341. The zero-order valence-corrected chi connectivity index (χ0v) is 22.0. The third kappa shape index (κ3) is 6.75. The fourth-order valence-electron chi connectivity index (χ4n) is 3.63. The van der Waals surface area contributed by atoms with Gasteiger partial charge in [-0.25, -0.2) is 14.8 Å². The van der Waals surface area contributed by atoms with Crippen LogP contribution in [0.4, 0.5) is 9.93 Å². The Morgan fingerprint density at radius 3 is 2.68 bits per heavy atom. The second kappa shape index (κ2) is 11.1. The van der Waals surface area contributed by atoms with Gasteiger partial charge >= 0.3 is 6.09 Å². The van der Waals surface area contributed by atoms with Gasteiger partial charge in [-0.3, -0.25) is 14.4 Å². The fourth-order valence-corrected chi connectivity index (χ4v) is 4.60. The number of aldehydes is 1. The average Bonchev–Trinajstić information content (AvgIpc) is 3.23. The van der Waals surface area contributed by atoms with Crippen LogP contribution >= 0.6 is 11.3 Å². The van der Waals surface area contributed by atoms with Crippen LogP contribution in [0.5, 0.6) is 5.75 Å². The first-order chi connectivity index (χ1) is 17.6. The lowest BCUT2D eigenvalue weighted by molar-refractivity contribution is -0.112. The Hall–Kier alpha value is -3.70. The van der Waals surface area contributed by atoms with Crippen LogP contribution < -0.4 is 10.1 Å². The van der Waals surface area contributed by atoms with Gasteiger partial charge in [0, 0.05) is 25.7 Å². The van der Waals surface area contributed by atoms with Crippen LogP contribution in [0.3, 0.4) is 0 Å². The van der Waals surface area contributed by atoms with Gasteiger partial charge in [-0.2, -0.15) is 0 Å². The molecule has 1 N–H and O–H groups in total. The van der Waals surface area contributed by atoms with Crippen molar-refractivity contribution in [2.45, 2.75) is 32.4 Å². The number of rotatable bonds is 9. The second-order valence-corrected chi connectivity index (χ2v) is 10.6. The highest BCUT2D eigenvalue weighted by Gasteiger charge is 2.34. The monoisotopic (exact) mass is 526 g/mol. The van der Waals surface area contributed by atoms with Crippen molar-refractivity contribution in [1.82, 2.24) is 14.9 Å². The summed E-state index contributed by atoms with van der Waals surface area (Å²) in [7, 11) is 1.50. The minimum absolute atomic E-state index is 0.124. The largest absolute Gasteiger partial charge is 0.491 e. The molecule has 0 saturated carbocycles. The standard InChI is InChI=1S/C26H30N4O6S/c1-26(2,3)36-25(33)30-14-18(15-30)27-24-28-21-10-9-19(13-22(21)37-24)34-11-12-35-29(4)23(32)20-8-6-5-7-17(20)16-31/h5-10,13,16,18H,11-12,14-15H2,1-4H3,(H,27,28). The van der Waals surface area contributed by atoms with E-state index in [1.807, 2.05) is 39.0 Å². The molecule has 0 spiro atoms. The molecule has 1 saturated heterocycles. The predicted octanol–water partition coefficient (Wildman–Crippen LogP) is 4.22. The van der Waals surface area contributed by atoms with Gasteiger partial charge in [0.25, 0.3) is 5.91 Å². The third-order valence-corrected chi connectivity index (χ3v) is 6.41. The first kappa shape index (κ1) is 26.4. The van der Waals surface area contributed by atoms with Gasteiger partial charge in [0.05, 0.1) is 21.8 Å². The molecule has 2 amide bonds. The Kier molecular flexibility index (Phi) is 7.94. The number of nitrogens with zero attached hydrogens (tertiary/aromatic N) is 3. The lowest BCUT2D eigenvalue weighted by atomic mass is 10.1. The molecular formula is C26H30N4O6S. The van der Waals surface area contributed by atoms with Crippen LogP contribution in [0.25, 0.3) is 10.2 Å². The molecule has 0 atom stereocenters. The molecular weight excluding hydrogens is 496 g/mol. The van der Waals surface area contributed by atoms with E-state index < -0.39 is 11.5 Å². The zero-order valence-electron chi connectivity index (χ0n) is 21.2. The summed E-state index contributed by atoms with van der Waals surface area (Å²) in [5, 5.41) is 5.25. The van der Waals surface area contributed by atoms with Crippen molar-refractivity contribution in [2.75, 3.05) is 38.7 Å². The van der Waals surface area contributed by atoms with Gasteiger partial charge in [-0.15, -0.1) is 0 Å². The molecule has 1 fully saturated rings. The highest BCUT2D eigenvalue weighted by atomic mass is 32.1. The van der Waals surface area contributed by atoms with E-state index in [0.29, 0.717) is 30.7 Å². The van der Waals surface area contributed by atoms with Crippen molar-refractivity contribution >= 4 is 45.0 Å². The van der Waals surface area contributed by atoms with Crippen molar-refractivity contribution in [3.63, 3.8) is 0 Å². The second-order valence-electron chi connectivity index (χ2n) is 9.56. The SMILES string of the molecule is CN(OCCOc1ccc2nc(NC3CN(C(=O)OC(C)(C)C)C3)sc2c1)C(=O)c1ccccc1C=O. The summed E-state index contributed by atoms with van der Waals surface area (Å²) < 4.78 is 12.1. The maximum absolute atomic E-state index is 12.5. The molecule has 0 radical (unpaired) electrons. The Morgan fingerprint density at radius 1 is 1.19 bits per heavy atom. The van der Waals surface area contributed by atoms with Gasteiger partial charge < -0.3 is 19.7 Å². The number of hydroxylamine groups is 2. The number of anilines is 1. The van der Waals surface area contributed by atoms with E-state index in [9.17, 15) is 14.4 Å². The molecule has 196 valence electrons. The number of likely N-dealkylation sites (tertiary alicyclic amines) is 1. The number of hydrogen-bond acceptors (Lipinski definition) is 9. The van der Waals surface area contributed by atoms with Gasteiger partial charge in [-0.05, 0) is 45.0 Å². The number of aromatic nitrogens is 1. The number of carbonyl (C=O) groups is 3. The highest BCUT2D eigenvalue weighted by molar-refractivity contribution is 7.22. The van der Waals surface area contributed by atoms with E-state index in [4.69, 9.17) is 14.3 Å². The summed E-state index contributed by atoms with van der Waals surface area (Å²) in [6, 6.07) is 12.3. The minimum atomic E-state index is -0.509. The van der Waals surface area contributed by atoms with E-state index in [0.717, 1.165) is 20.4 Å². The van der Waals surface area contributed by atoms with E-state index in [1.165, 1.54) is 18.4 Å². The number of benzene rings is 2. The summed E-state index contributed by atoms with van der Waals surface area (Å²) >= 11 is 1.51. The van der Waals surface area contributed by atoms with Gasteiger partial charge in [0.2, 0.25) is 0 Å².